The summed E-state index contributed by atoms with van der Waals surface area (Å²) < 4.78 is 0. The number of unbranched alkanes of at least 4 members (excludes halogenated alkanes) is 1. The maximum atomic E-state index is 13.1. The van der Waals surface area contributed by atoms with E-state index in [0.29, 0.717) is 32.4 Å². The molecular formula is C23H26Cl4N2O2S. The van der Waals surface area contributed by atoms with E-state index in [1.54, 1.807) is 42.2 Å². The van der Waals surface area contributed by atoms with Gasteiger partial charge in [0.05, 0.1) is 15.8 Å². The Balaban J connectivity index is 2.09. The van der Waals surface area contributed by atoms with E-state index in [4.69, 9.17) is 46.4 Å². The minimum atomic E-state index is -0.642. The summed E-state index contributed by atoms with van der Waals surface area (Å²) in [7, 11) is 0. The Bertz CT molecular complexity index is 942. The molecule has 0 aliphatic rings. The molecular weight excluding hydrogens is 510 g/mol. The summed E-state index contributed by atoms with van der Waals surface area (Å²) in [6.07, 6.45) is 1.86. The summed E-state index contributed by atoms with van der Waals surface area (Å²) in [4.78, 5) is 27.3. The summed E-state index contributed by atoms with van der Waals surface area (Å²) in [5.74, 6) is 0.457. The van der Waals surface area contributed by atoms with Crippen molar-refractivity contribution < 1.29 is 9.59 Å². The van der Waals surface area contributed by atoms with Crippen molar-refractivity contribution in [3.05, 3.63) is 67.6 Å². The molecule has 0 bridgehead atoms. The first-order chi connectivity index (χ1) is 15.2. The summed E-state index contributed by atoms with van der Waals surface area (Å²) >= 11 is 25.8. The maximum Gasteiger partial charge on any atom is 0.242 e. The molecule has 32 heavy (non-hydrogen) atoms. The molecule has 1 atom stereocenters. The number of benzene rings is 2. The van der Waals surface area contributed by atoms with Crippen LogP contribution in [0.25, 0.3) is 0 Å². The lowest BCUT2D eigenvalue weighted by Gasteiger charge is -2.29. The predicted octanol–water partition coefficient (Wildman–Crippen LogP) is 6.87. The van der Waals surface area contributed by atoms with Crippen molar-refractivity contribution in [3.63, 3.8) is 0 Å². The molecule has 2 amide bonds. The lowest BCUT2D eigenvalue weighted by atomic mass is 10.1. The van der Waals surface area contributed by atoms with Crippen LogP contribution in [-0.4, -0.2) is 35.1 Å². The zero-order valence-corrected chi connectivity index (χ0v) is 21.8. The van der Waals surface area contributed by atoms with Gasteiger partial charge in [-0.2, -0.15) is 0 Å². The van der Waals surface area contributed by atoms with E-state index < -0.39 is 6.04 Å². The van der Waals surface area contributed by atoms with Crippen LogP contribution >= 0.6 is 58.2 Å². The molecule has 1 N–H and O–H groups in total. The van der Waals surface area contributed by atoms with E-state index >= 15 is 0 Å². The molecule has 4 nitrogen and oxygen atoms in total. The molecule has 0 fully saturated rings. The molecule has 0 aliphatic carbocycles. The third-order valence-electron chi connectivity index (χ3n) is 4.83. The lowest BCUT2D eigenvalue weighted by Crippen LogP contribution is -2.48. The van der Waals surface area contributed by atoms with Crippen LogP contribution in [0.2, 0.25) is 20.1 Å². The predicted molar refractivity (Wildman–Crippen MR) is 137 cm³/mol. The molecule has 0 aromatic heterocycles. The highest BCUT2D eigenvalue weighted by atomic mass is 35.5. The molecule has 0 saturated heterocycles. The lowest BCUT2D eigenvalue weighted by molar-refractivity contribution is -0.138. The smallest absolute Gasteiger partial charge is 0.242 e. The summed E-state index contributed by atoms with van der Waals surface area (Å²) in [6.45, 7) is 4.58. The highest BCUT2D eigenvalue weighted by Gasteiger charge is 2.26. The molecule has 0 saturated carbocycles. The van der Waals surface area contributed by atoms with Crippen LogP contribution in [0.4, 0.5) is 0 Å². The standard InChI is InChI=1S/C23H26Cl4N2O2S/c1-3-4-9-28-23(31)15(2)29(12-17-6-7-18(24)11-20(17)26)22(30)14-32-13-16-5-8-19(25)21(27)10-16/h5-8,10-11,15H,3-4,9,12-14H2,1-2H3,(H,28,31)/t15-/m0/s1. The molecule has 0 unspecified atom stereocenters. The zero-order valence-electron chi connectivity index (χ0n) is 18.0. The molecule has 0 spiro atoms. The van der Waals surface area contributed by atoms with Gasteiger partial charge < -0.3 is 10.2 Å². The average Bonchev–Trinajstić information content (AvgIpc) is 2.75. The van der Waals surface area contributed by atoms with Gasteiger partial charge in [0.1, 0.15) is 6.04 Å². The van der Waals surface area contributed by atoms with E-state index in [-0.39, 0.29) is 24.1 Å². The van der Waals surface area contributed by atoms with Crippen LogP contribution in [0.5, 0.6) is 0 Å². The van der Waals surface area contributed by atoms with Gasteiger partial charge in [0.25, 0.3) is 0 Å². The number of hydrogen-bond donors (Lipinski definition) is 1. The van der Waals surface area contributed by atoms with Gasteiger partial charge in [-0.15, -0.1) is 11.8 Å². The fraction of sp³-hybridized carbons (Fsp3) is 0.391. The second-order valence-corrected chi connectivity index (χ2v) is 9.96. The summed E-state index contributed by atoms with van der Waals surface area (Å²) in [5.41, 5.74) is 1.70. The molecule has 174 valence electrons. The van der Waals surface area contributed by atoms with Gasteiger partial charge in [-0.25, -0.2) is 0 Å². The number of nitrogens with one attached hydrogen (secondary N) is 1. The van der Waals surface area contributed by atoms with Crippen LogP contribution in [0, 0.1) is 0 Å². The van der Waals surface area contributed by atoms with Crippen molar-refractivity contribution in [1.29, 1.82) is 0 Å². The molecule has 9 heteroatoms. The molecule has 2 aromatic carbocycles. The maximum absolute atomic E-state index is 13.1. The van der Waals surface area contributed by atoms with Gasteiger partial charge in [0, 0.05) is 28.9 Å². The monoisotopic (exact) mass is 534 g/mol. The first kappa shape index (κ1) is 27.1. The highest BCUT2D eigenvalue weighted by Crippen LogP contribution is 2.26. The molecule has 2 rings (SSSR count). The number of carbonyl (C=O) groups is 2. The van der Waals surface area contributed by atoms with Gasteiger partial charge in [0.2, 0.25) is 11.8 Å². The number of halogens is 4. The van der Waals surface area contributed by atoms with Crippen molar-refractivity contribution in [3.8, 4) is 0 Å². The largest absolute Gasteiger partial charge is 0.354 e. The first-order valence-electron chi connectivity index (χ1n) is 10.3. The zero-order chi connectivity index (χ0) is 23.7. The fourth-order valence-electron chi connectivity index (χ4n) is 2.92. The number of nitrogens with zero attached hydrogens (tertiary/aromatic N) is 1. The van der Waals surface area contributed by atoms with Gasteiger partial charge in [0.15, 0.2) is 0 Å². The number of rotatable bonds is 11. The quantitative estimate of drug-likeness (QED) is 0.319. The van der Waals surface area contributed by atoms with Gasteiger partial charge in [-0.05, 0) is 48.7 Å². The molecule has 2 aromatic rings. The Labute approximate surface area is 213 Å². The number of amides is 2. The van der Waals surface area contributed by atoms with E-state index in [9.17, 15) is 9.59 Å². The van der Waals surface area contributed by atoms with Crippen molar-refractivity contribution in [2.24, 2.45) is 0 Å². The van der Waals surface area contributed by atoms with Crippen molar-refractivity contribution in [2.45, 2.75) is 45.0 Å². The number of hydrogen-bond acceptors (Lipinski definition) is 3. The first-order valence-corrected chi connectivity index (χ1v) is 12.9. The summed E-state index contributed by atoms with van der Waals surface area (Å²) in [6, 6.07) is 9.88. The van der Waals surface area contributed by atoms with E-state index in [0.717, 1.165) is 24.0 Å². The second kappa shape index (κ2) is 13.6. The Kier molecular flexibility index (Phi) is 11.5. The Hall–Kier alpha value is -1.11. The fourth-order valence-corrected chi connectivity index (χ4v) is 4.57. The van der Waals surface area contributed by atoms with Gasteiger partial charge in [-0.3, -0.25) is 9.59 Å². The van der Waals surface area contributed by atoms with Crippen LogP contribution in [0.3, 0.4) is 0 Å². The van der Waals surface area contributed by atoms with Crippen LogP contribution in [0.1, 0.15) is 37.8 Å². The van der Waals surface area contributed by atoms with Crippen LogP contribution < -0.4 is 5.32 Å². The SMILES string of the molecule is CCCCNC(=O)[C@H](C)N(Cc1ccc(Cl)cc1Cl)C(=O)CSCc1ccc(Cl)c(Cl)c1. The normalized spacial score (nSPS) is 11.8. The van der Waals surface area contributed by atoms with Crippen molar-refractivity contribution >= 4 is 70.0 Å². The minimum Gasteiger partial charge on any atom is -0.354 e. The number of thioether (sulfide) groups is 1. The van der Waals surface area contributed by atoms with E-state index in [2.05, 4.69) is 12.2 Å². The average molecular weight is 536 g/mol. The minimum absolute atomic E-state index is 0.154. The molecule has 0 heterocycles. The number of carbonyl (C=O) groups excluding carboxylic acids is 2. The highest BCUT2D eigenvalue weighted by molar-refractivity contribution is 7.99. The van der Waals surface area contributed by atoms with Gasteiger partial charge >= 0.3 is 0 Å². The summed E-state index contributed by atoms with van der Waals surface area (Å²) in [5, 5.41) is 4.84. The second-order valence-electron chi connectivity index (χ2n) is 7.32. The van der Waals surface area contributed by atoms with Crippen molar-refractivity contribution in [2.75, 3.05) is 12.3 Å². The van der Waals surface area contributed by atoms with Crippen LogP contribution in [-0.2, 0) is 21.9 Å². The third-order valence-corrected chi connectivity index (χ3v) is 7.15. The van der Waals surface area contributed by atoms with Crippen LogP contribution in [0.15, 0.2) is 36.4 Å². The molecule has 0 aliphatic heterocycles. The topological polar surface area (TPSA) is 49.4 Å². The Morgan fingerprint density at radius 1 is 1.03 bits per heavy atom. The van der Waals surface area contributed by atoms with Crippen molar-refractivity contribution in [1.82, 2.24) is 10.2 Å². The Morgan fingerprint density at radius 3 is 2.44 bits per heavy atom. The van der Waals surface area contributed by atoms with E-state index in [1.165, 1.54) is 11.8 Å². The van der Waals surface area contributed by atoms with E-state index in [1.807, 2.05) is 6.07 Å². The molecule has 0 radical (unpaired) electrons. The third kappa shape index (κ3) is 8.35. The Morgan fingerprint density at radius 2 is 1.78 bits per heavy atom. The van der Waals surface area contributed by atoms with Gasteiger partial charge in [-0.1, -0.05) is 71.9 Å².